The summed E-state index contributed by atoms with van der Waals surface area (Å²) < 4.78 is 33.7. The lowest BCUT2D eigenvalue weighted by Gasteiger charge is -2.28. The number of unbranched alkanes of at least 4 members (excludes halogenated alkanes) is 17. The first-order valence-electron chi connectivity index (χ1n) is 19.1. The predicted molar refractivity (Wildman–Crippen MR) is 194 cm³/mol. The molecule has 0 aromatic heterocycles. The molecular formula is C38H72NO8P. The monoisotopic (exact) mass is 701 g/mol. The lowest BCUT2D eigenvalue weighted by molar-refractivity contribution is -0.870. The Morgan fingerprint density at radius 3 is 1.62 bits per heavy atom. The van der Waals surface area contributed by atoms with Crippen LogP contribution in [0.1, 0.15) is 155 Å². The van der Waals surface area contributed by atoms with Gasteiger partial charge in [0, 0.05) is 12.8 Å². The zero-order valence-electron chi connectivity index (χ0n) is 31.4. The quantitative estimate of drug-likeness (QED) is 0.0215. The summed E-state index contributed by atoms with van der Waals surface area (Å²) in [4.78, 5) is 37.2. The molecule has 1 unspecified atom stereocenters. The molecule has 0 aliphatic carbocycles. The topological polar surface area (TPSA) is 111 Å². The van der Waals surface area contributed by atoms with Gasteiger partial charge in [0.15, 0.2) is 6.10 Å². The summed E-state index contributed by atoms with van der Waals surface area (Å²) in [6.07, 6.45) is 30.6. The van der Waals surface area contributed by atoms with E-state index in [4.69, 9.17) is 18.5 Å². The number of nitrogens with zero attached hydrogens (tertiary/aromatic N) is 1. The lowest BCUT2D eigenvalue weighted by atomic mass is 10.1. The fourth-order valence-corrected chi connectivity index (χ4v) is 5.67. The highest BCUT2D eigenvalue weighted by atomic mass is 31.2. The van der Waals surface area contributed by atoms with Crippen molar-refractivity contribution >= 4 is 19.8 Å². The van der Waals surface area contributed by atoms with E-state index in [-0.39, 0.29) is 26.1 Å². The van der Waals surface area contributed by atoms with Gasteiger partial charge >= 0.3 is 11.9 Å². The number of carbonyl (C=O) groups excluding carboxylic acids is 2. The van der Waals surface area contributed by atoms with E-state index in [2.05, 4.69) is 38.2 Å². The Balaban J connectivity index is 4.43. The molecule has 9 nitrogen and oxygen atoms in total. The van der Waals surface area contributed by atoms with Gasteiger partial charge in [-0.1, -0.05) is 128 Å². The highest BCUT2D eigenvalue weighted by Crippen LogP contribution is 2.38. The van der Waals surface area contributed by atoms with E-state index in [1.54, 1.807) is 0 Å². The van der Waals surface area contributed by atoms with Crippen LogP contribution in [-0.2, 0) is 32.7 Å². The van der Waals surface area contributed by atoms with Gasteiger partial charge in [-0.25, -0.2) is 0 Å². The molecule has 2 atom stereocenters. The van der Waals surface area contributed by atoms with Gasteiger partial charge in [0.05, 0.1) is 27.7 Å². The van der Waals surface area contributed by atoms with Crippen molar-refractivity contribution in [2.75, 3.05) is 47.5 Å². The average molecular weight is 702 g/mol. The molecular weight excluding hydrogens is 629 g/mol. The van der Waals surface area contributed by atoms with Crippen molar-refractivity contribution in [2.45, 2.75) is 161 Å². The molecule has 0 saturated carbocycles. The molecule has 0 heterocycles. The Morgan fingerprint density at radius 1 is 0.646 bits per heavy atom. The van der Waals surface area contributed by atoms with Crippen LogP contribution in [0.3, 0.4) is 0 Å². The molecule has 0 aliphatic heterocycles. The zero-order chi connectivity index (χ0) is 35.8. The maximum Gasteiger partial charge on any atom is 0.306 e. The maximum absolute atomic E-state index is 12.5. The highest BCUT2D eigenvalue weighted by Gasteiger charge is 2.21. The van der Waals surface area contributed by atoms with E-state index in [9.17, 15) is 19.0 Å². The maximum atomic E-state index is 12.5. The number of ether oxygens (including phenoxy) is 2. The van der Waals surface area contributed by atoms with E-state index in [0.29, 0.717) is 23.9 Å². The minimum atomic E-state index is -4.61. The molecule has 0 radical (unpaired) electrons. The molecule has 0 rings (SSSR count). The molecule has 0 aromatic carbocycles. The van der Waals surface area contributed by atoms with E-state index < -0.39 is 32.5 Å². The Morgan fingerprint density at radius 2 is 1.10 bits per heavy atom. The number of phosphoric ester groups is 1. The summed E-state index contributed by atoms with van der Waals surface area (Å²) in [5.74, 6) is -0.855. The zero-order valence-corrected chi connectivity index (χ0v) is 32.3. The smallest absolute Gasteiger partial charge is 0.306 e. The summed E-state index contributed by atoms with van der Waals surface area (Å²) in [5, 5.41) is 0. The Labute approximate surface area is 294 Å². The van der Waals surface area contributed by atoms with Gasteiger partial charge in [-0.15, -0.1) is 0 Å². The van der Waals surface area contributed by atoms with Crippen molar-refractivity contribution in [2.24, 2.45) is 0 Å². The second-order valence-corrected chi connectivity index (χ2v) is 15.4. The number of allylic oxidation sites excluding steroid dienone is 4. The number of esters is 2. The van der Waals surface area contributed by atoms with Crippen LogP contribution in [0.15, 0.2) is 24.3 Å². The van der Waals surface area contributed by atoms with Crippen LogP contribution in [-0.4, -0.2) is 70.0 Å². The third-order valence-electron chi connectivity index (χ3n) is 8.00. The molecule has 10 heteroatoms. The fourth-order valence-electron chi connectivity index (χ4n) is 4.94. The minimum absolute atomic E-state index is 0.0321. The molecule has 0 aliphatic rings. The van der Waals surface area contributed by atoms with Crippen molar-refractivity contribution in [3.8, 4) is 0 Å². The van der Waals surface area contributed by atoms with E-state index >= 15 is 0 Å². The second kappa shape index (κ2) is 31.5. The minimum Gasteiger partial charge on any atom is -0.756 e. The van der Waals surface area contributed by atoms with Crippen molar-refractivity contribution in [1.29, 1.82) is 0 Å². The highest BCUT2D eigenvalue weighted by molar-refractivity contribution is 7.45. The predicted octanol–water partition coefficient (Wildman–Crippen LogP) is 9.38. The number of carbonyl (C=O) groups is 2. The van der Waals surface area contributed by atoms with Crippen molar-refractivity contribution in [3.63, 3.8) is 0 Å². The van der Waals surface area contributed by atoms with Crippen molar-refractivity contribution in [3.05, 3.63) is 24.3 Å². The number of hydrogen-bond donors (Lipinski definition) is 0. The lowest BCUT2D eigenvalue weighted by Crippen LogP contribution is -2.37. The van der Waals surface area contributed by atoms with Gasteiger partial charge in [-0.2, -0.15) is 0 Å². The Kier molecular flexibility index (Phi) is 30.5. The van der Waals surface area contributed by atoms with Gasteiger partial charge in [0.1, 0.15) is 19.8 Å². The number of hydrogen-bond acceptors (Lipinski definition) is 8. The van der Waals surface area contributed by atoms with E-state index in [1.807, 2.05) is 21.1 Å². The number of likely N-dealkylation sites (N-methyl/N-ethyl adjacent to an activating group) is 1. The Hall–Kier alpha value is -1.51. The van der Waals surface area contributed by atoms with Gasteiger partial charge in [0.25, 0.3) is 7.82 Å². The second-order valence-electron chi connectivity index (χ2n) is 14.0. The molecule has 0 N–H and O–H groups in total. The van der Waals surface area contributed by atoms with Crippen LogP contribution in [0.25, 0.3) is 0 Å². The molecule has 0 fully saturated rings. The molecule has 0 spiro atoms. The summed E-state index contributed by atoms with van der Waals surface area (Å²) in [6, 6.07) is 0. The van der Waals surface area contributed by atoms with Crippen LogP contribution >= 0.6 is 7.82 Å². The first-order valence-corrected chi connectivity index (χ1v) is 20.5. The van der Waals surface area contributed by atoms with Crippen molar-refractivity contribution < 1.29 is 42.1 Å². The average Bonchev–Trinajstić information content (AvgIpc) is 3.02. The SMILES string of the molecule is CCCCCC/C=C/C=C/CCCCCCCC(=O)OC[C@@H](COP(=O)([O-])OCC[N+](C)(C)C)OC(=O)CCCCCCCCCCC. The van der Waals surface area contributed by atoms with Gasteiger partial charge in [-0.3, -0.25) is 14.2 Å². The number of rotatable bonds is 34. The molecule has 0 amide bonds. The first-order chi connectivity index (χ1) is 23.0. The van der Waals surface area contributed by atoms with Crippen LogP contribution in [0, 0.1) is 0 Å². The largest absolute Gasteiger partial charge is 0.756 e. The number of phosphoric acid groups is 1. The number of quaternary nitrogens is 1. The summed E-state index contributed by atoms with van der Waals surface area (Å²) in [7, 11) is 1.16. The molecule has 0 bridgehead atoms. The summed E-state index contributed by atoms with van der Waals surface area (Å²) in [5.41, 5.74) is 0. The third kappa shape index (κ3) is 34.4. The first kappa shape index (κ1) is 46.5. The fraction of sp³-hybridized carbons (Fsp3) is 0.842. The van der Waals surface area contributed by atoms with E-state index in [1.165, 1.54) is 57.8 Å². The van der Waals surface area contributed by atoms with Crippen LogP contribution in [0.5, 0.6) is 0 Å². The molecule has 48 heavy (non-hydrogen) atoms. The summed E-state index contributed by atoms with van der Waals surface area (Å²) >= 11 is 0. The van der Waals surface area contributed by atoms with Gasteiger partial charge < -0.3 is 27.9 Å². The normalized spacial score (nSPS) is 14.0. The molecule has 0 saturated heterocycles. The Bertz CT molecular complexity index is 886. The molecule has 282 valence electrons. The van der Waals surface area contributed by atoms with Gasteiger partial charge in [0.2, 0.25) is 0 Å². The van der Waals surface area contributed by atoms with Crippen LogP contribution < -0.4 is 4.89 Å². The molecule has 0 aromatic rings. The van der Waals surface area contributed by atoms with Gasteiger partial charge in [-0.05, 0) is 38.5 Å². The van der Waals surface area contributed by atoms with Crippen LogP contribution in [0.2, 0.25) is 0 Å². The van der Waals surface area contributed by atoms with Crippen LogP contribution in [0.4, 0.5) is 0 Å². The van der Waals surface area contributed by atoms with Crippen molar-refractivity contribution in [1.82, 2.24) is 0 Å². The van der Waals surface area contributed by atoms with E-state index in [0.717, 1.165) is 57.8 Å². The standard InChI is InChI=1S/C38H72NO8P/c1-6-8-10-12-14-16-17-18-19-20-21-23-24-26-28-30-37(40)44-34-36(35-46-48(42,43)45-33-32-39(3,4)5)47-38(41)31-29-27-25-22-15-13-11-9-7-2/h16-19,36H,6-15,20-35H2,1-5H3/b17-16+,19-18+/t36-/m0/s1. The summed E-state index contributed by atoms with van der Waals surface area (Å²) in [6.45, 7) is 4.15. The third-order valence-corrected chi connectivity index (χ3v) is 8.97.